The second-order valence-electron chi connectivity index (χ2n) is 2.04. The van der Waals surface area contributed by atoms with Crippen LogP contribution in [-0.4, -0.2) is 5.84 Å². The minimum atomic E-state index is 0. The quantitative estimate of drug-likeness (QED) is 0.370. The Morgan fingerprint density at radius 2 is 1.83 bits per heavy atom. The van der Waals surface area contributed by atoms with Crippen molar-refractivity contribution in [2.45, 2.75) is 0 Å². The molecule has 0 amide bonds. The zero-order valence-electron chi connectivity index (χ0n) is 6.28. The van der Waals surface area contributed by atoms with Gasteiger partial charge in [-0.05, 0) is 12.1 Å². The van der Waals surface area contributed by atoms with Crippen molar-refractivity contribution in [3.63, 3.8) is 0 Å². The largest absolute Gasteiger partial charge is 0.399 e. The molecular formula is C7H11Cl2N3. The summed E-state index contributed by atoms with van der Waals surface area (Å²) in [7, 11) is 0. The molecule has 0 aromatic heterocycles. The smallest absolute Gasteiger partial charge is 0.122 e. The van der Waals surface area contributed by atoms with Gasteiger partial charge in [-0.1, -0.05) is 12.1 Å². The van der Waals surface area contributed by atoms with Crippen LogP contribution in [0.15, 0.2) is 24.3 Å². The van der Waals surface area contributed by atoms with Gasteiger partial charge in [0.2, 0.25) is 0 Å². The molecule has 5 heteroatoms. The van der Waals surface area contributed by atoms with Gasteiger partial charge in [-0.2, -0.15) is 0 Å². The highest BCUT2D eigenvalue weighted by Crippen LogP contribution is 2.04. The summed E-state index contributed by atoms with van der Waals surface area (Å²) in [5, 5.41) is 7.05. The predicted molar refractivity (Wildman–Crippen MR) is 56.4 cm³/mol. The van der Waals surface area contributed by atoms with Gasteiger partial charge >= 0.3 is 0 Å². The topological polar surface area (TPSA) is 75.9 Å². The Morgan fingerprint density at radius 3 is 2.17 bits per heavy atom. The first-order chi connectivity index (χ1) is 4.70. The fraction of sp³-hybridized carbons (Fsp3) is 0. The number of hydrogen-bond acceptors (Lipinski definition) is 2. The highest BCUT2D eigenvalue weighted by Gasteiger charge is 1.93. The molecule has 12 heavy (non-hydrogen) atoms. The molecule has 0 saturated carbocycles. The minimum Gasteiger partial charge on any atom is -0.399 e. The molecule has 0 bridgehead atoms. The van der Waals surface area contributed by atoms with Crippen LogP contribution in [0.3, 0.4) is 0 Å². The lowest BCUT2D eigenvalue weighted by Gasteiger charge is -1.97. The average Bonchev–Trinajstić information content (AvgIpc) is 1.88. The monoisotopic (exact) mass is 207 g/mol. The Balaban J connectivity index is 0. The van der Waals surface area contributed by atoms with Gasteiger partial charge in [-0.3, -0.25) is 5.41 Å². The van der Waals surface area contributed by atoms with E-state index < -0.39 is 0 Å². The molecule has 0 saturated heterocycles. The van der Waals surface area contributed by atoms with E-state index in [4.69, 9.17) is 16.9 Å². The molecule has 0 aliphatic heterocycles. The SMILES string of the molecule is Cl.Cl.N=C(N)c1cccc(N)c1. The summed E-state index contributed by atoms with van der Waals surface area (Å²) in [6, 6.07) is 6.94. The second kappa shape index (κ2) is 5.69. The van der Waals surface area contributed by atoms with Crippen LogP contribution in [0, 0.1) is 5.41 Å². The lowest BCUT2D eigenvalue weighted by atomic mass is 10.2. The van der Waals surface area contributed by atoms with E-state index in [1.54, 1.807) is 24.3 Å². The van der Waals surface area contributed by atoms with Crippen molar-refractivity contribution in [1.29, 1.82) is 5.41 Å². The van der Waals surface area contributed by atoms with Crippen LogP contribution >= 0.6 is 24.8 Å². The number of benzene rings is 1. The number of nitrogens with two attached hydrogens (primary N) is 2. The average molecular weight is 208 g/mol. The van der Waals surface area contributed by atoms with Crippen LogP contribution in [0.1, 0.15) is 5.56 Å². The van der Waals surface area contributed by atoms with E-state index in [0.29, 0.717) is 11.3 Å². The lowest BCUT2D eigenvalue weighted by Crippen LogP contribution is -2.10. The summed E-state index contributed by atoms with van der Waals surface area (Å²) < 4.78 is 0. The van der Waals surface area contributed by atoms with Gasteiger partial charge in [0.05, 0.1) is 0 Å². The molecule has 0 spiro atoms. The normalized spacial score (nSPS) is 7.67. The van der Waals surface area contributed by atoms with E-state index in [9.17, 15) is 0 Å². The molecule has 0 aliphatic rings. The van der Waals surface area contributed by atoms with Gasteiger partial charge in [0.15, 0.2) is 0 Å². The molecule has 1 aromatic carbocycles. The van der Waals surface area contributed by atoms with Crippen molar-refractivity contribution in [3.05, 3.63) is 29.8 Å². The fourth-order valence-electron chi connectivity index (χ4n) is 0.706. The summed E-state index contributed by atoms with van der Waals surface area (Å²) in [4.78, 5) is 0. The molecule has 0 fully saturated rings. The van der Waals surface area contributed by atoms with Crippen molar-refractivity contribution in [2.75, 3.05) is 5.73 Å². The third-order valence-corrected chi connectivity index (χ3v) is 1.20. The van der Waals surface area contributed by atoms with E-state index in [2.05, 4.69) is 0 Å². The molecule has 1 rings (SSSR count). The standard InChI is InChI=1S/C7H9N3.2ClH/c8-6-3-1-2-5(4-6)7(9)10;;/h1-4H,8H2,(H3,9,10);2*1H. The summed E-state index contributed by atoms with van der Waals surface area (Å²) in [6.45, 7) is 0. The number of halogens is 2. The Morgan fingerprint density at radius 1 is 1.25 bits per heavy atom. The van der Waals surface area contributed by atoms with Crippen molar-refractivity contribution in [3.8, 4) is 0 Å². The molecule has 0 atom stereocenters. The van der Waals surface area contributed by atoms with Crippen LogP contribution in [-0.2, 0) is 0 Å². The molecule has 1 aromatic rings. The van der Waals surface area contributed by atoms with E-state index in [1.165, 1.54) is 0 Å². The number of anilines is 1. The van der Waals surface area contributed by atoms with E-state index in [-0.39, 0.29) is 30.6 Å². The number of nitrogens with one attached hydrogen (secondary N) is 1. The van der Waals surface area contributed by atoms with Gasteiger partial charge in [0.25, 0.3) is 0 Å². The highest BCUT2D eigenvalue weighted by molar-refractivity contribution is 5.95. The predicted octanol–water partition coefficient (Wildman–Crippen LogP) is 1.40. The van der Waals surface area contributed by atoms with Gasteiger partial charge in [0, 0.05) is 11.3 Å². The fourth-order valence-corrected chi connectivity index (χ4v) is 0.706. The van der Waals surface area contributed by atoms with Gasteiger partial charge in [-0.25, -0.2) is 0 Å². The highest BCUT2D eigenvalue weighted by atomic mass is 35.5. The Kier molecular flexibility index (Phi) is 6.47. The van der Waals surface area contributed by atoms with Crippen molar-refractivity contribution < 1.29 is 0 Å². The van der Waals surface area contributed by atoms with E-state index >= 15 is 0 Å². The summed E-state index contributed by atoms with van der Waals surface area (Å²) >= 11 is 0. The maximum absolute atomic E-state index is 7.05. The maximum Gasteiger partial charge on any atom is 0.122 e. The first-order valence-electron chi connectivity index (χ1n) is 2.90. The number of hydrogen-bond donors (Lipinski definition) is 3. The summed E-state index contributed by atoms with van der Waals surface area (Å²) in [6.07, 6.45) is 0. The number of rotatable bonds is 1. The van der Waals surface area contributed by atoms with Crippen molar-refractivity contribution >= 4 is 36.3 Å². The zero-order chi connectivity index (χ0) is 7.56. The van der Waals surface area contributed by atoms with Crippen LogP contribution in [0.25, 0.3) is 0 Å². The van der Waals surface area contributed by atoms with Gasteiger partial charge in [0.1, 0.15) is 5.84 Å². The third kappa shape index (κ3) is 3.46. The molecule has 0 aliphatic carbocycles. The zero-order valence-corrected chi connectivity index (χ0v) is 7.91. The molecule has 5 N–H and O–H groups in total. The first-order valence-corrected chi connectivity index (χ1v) is 2.90. The van der Waals surface area contributed by atoms with Crippen LogP contribution in [0.2, 0.25) is 0 Å². The van der Waals surface area contributed by atoms with Crippen molar-refractivity contribution in [1.82, 2.24) is 0 Å². The number of nitrogen functional groups attached to an aromatic ring is 2. The second-order valence-corrected chi connectivity index (χ2v) is 2.04. The maximum atomic E-state index is 7.05. The summed E-state index contributed by atoms with van der Waals surface area (Å²) in [5.41, 5.74) is 12.0. The Bertz CT molecular complexity index is 263. The third-order valence-electron chi connectivity index (χ3n) is 1.20. The molecule has 0 unspecified atom stereocenters. The van der Waals surface area contributed by atoms with Crippen LogP contribution < -0.4 is 11.5 Å². The van der Waals surface area contributed by atoms with E-state index in [0.717, 1.165) is 0 Å². The van der Waals surface area contributed by atoms with Gasteiger partial charge in [-0.15, -0.1) is 24.8 Å². The van der Waals surface area contributed by atoms with Crippen LogP contribution in [0.5, 0.6) is 0 Å². The number of amidine groups is 1. The van der Waals surface area contributed by atoms with Crippen LogP contribution in [0.4, 0.5) is 5.69 Å². The van der Waals surface area contributed by atoms with E-state index in [1.807, 2.05) is 0 Å². The Labute approximate surface area is 83.5 Å². The summed E-state index contributed by atoms with van der Waals surface area (Å²) in [5.74, 6) is 0.0484. The molecular weight excluding hydrogens is 197 g/mol. The molecule has 0 radical (unpaired) electrons. The molecule has 0 heterocycles. The molecule has 68 valence electrons. The Hall–Kier alpha value is -0.930. The van der Waals surface area contributed by atoms with Gasteiger partial charge < -0.3 is 11.5 Å². The minimum absolute atomic E-state index is 0. The first kappa shape index (κ1) is 13.6. The lowest BCUT2D eigenvalue weighted by molar-refractivity contribution is 1.42. The van der Waals surface area contributed by atoms with Crippen molar-refractivity contribution in [2.24, 2.45) is 5.73 Å². The molecule has 3 nitrogen and oxygen atoms in total.